The van der Waals surface area contributed by atoms with E-state index in [4.69, 9.17) is 0 Å². The van der Waals surface area contributed by atoms with E-state index in [0.29, 0.717) is 0 Å². The average molecular weight is 229 g/mol. The van der Waals surface area contributed by atoms with Gasteiger partial charge in [0.1, 0.15) is 0 Å². The SMILES string of the molecule is CCCNCc1nnnn1CCCSC. The van der Waals surface area contributed by atoms with Crippen LogP contribution in [0.3, 0.4) is 0 Å². The predicted octanol–water partition coefficient (Wildman–Crippen LogP) is 0.926. The molecule has 1 aromatic rings. The molecule has 0 aliphatic carbocycles. The maximum absolute atomic E-state index is 4.00. The van der Waals surface area contributed by atoms with Gasteiger partial charge < -0.3 is 5.32 Å². The number of aryl methyl sites for hydroxylation is 1. The lowest BCUT2D eigenvalue weighted by atomic mass is 10.4. The van der Waals surface area contributed by atoms with E-state index in [-0.39, 0.29) is 0 Å². The Kier molecular flexibility index (Phi) is 6.34. The molecule has 0 atom stereocenters. The van der Waals surface area contributed by atoms with Gasteiger partial charge >= 0.3 is 0 Å². The van der Waals surface area contributed by atoms with E-state index >= 15 is 0 Å². The topological polar surface area (TPSA) is 55.6 Å². The van der Waals surface area contributed by atoms with E-state index < -0.39 is 0 Å². The summed E-state index contributed by atoms with van der Waals surface area (Å²) in [6.45, 7) is 4.84. The van der Waals surface area contributed by atoms with Crippen molar-refractivity contribution in [2.75, 3.05) is 18.6 Å². The first-order valence-corrected chi connectivity index (χ1v) is 6.72. The summed E-state index contributed by atoms with van der Waals surface area (Å²) < 4.78 is 1.89. The molecule has 0 spiro atoms. The van der Waals surface area contributed by atoms with Crippen LogP contribution in [0.4, 0.5) is 0 Å². The Balaban J connectivity index is 2.32. The minimum atomic E-state index is 0.764. The zero-order chi connectivity index (χ0) is 10.9. The molecule has 0 saturated heterocycles. The van der Waals surface area contributed by atoms with Crippen LogP contribution in [-0.2, 0) is 13.1 Å². The summed E-state index contributed by atoms with van der Waals surface area (Å²) in [4.78, 5) is 0. The van der Waals surface area contributed by atoms with E-state index in [1.807, 2.05) is 16.4 Å². The molecule has 0 saturated carbocycles. The number of tetrazole rings is 1. The van der Waals surface area contributed by atoms with Crippen molar-refractivity contribution in [1.29, 1.82) is 0 Å². The molecule has 0 radical (unpaired) electrons. The fourth-order valence-corrected chi connectivity index (χ4v) is 1.68. The number of rotatable bonds is 8. The van der Waals surface area contributed by atoms with Crippen molar-refractivity contribution in [3.05, 3.63) is 5.82 Å². The summed E-state index contributed by atoms with van der Waals surface area (Å²) in [6, 6.07) is 0. The molecule has 1 N–H and O–H groups in total. The van der Waals surface area contributed by atoms with Crippen LogP contribution >= 0.6 is 11.8 Å². The molecule has 0 bridgehead atoms. The quantitative estimate of drug-likeness (QED) is 0.672. The van der Waals surface area contributed by atoms with Crippen molar-refractivity contribution in [1.82, 2.24) is 25.5 Å². The van der Waals surface area contributed by atoms with Gasteiger partial charge in [-0.3, -0.25) is 0 Å². The predicted molar refractivity (Wildman–Crippen MR) is 62.8 cm³/mol. The molecule has 1 aromatic heterocycles. The first kappa shape index (κ1) is 12.4. The fraction of sp³-hybridized carbons (Fsp3) is 0.889. The lowest BCUT2D eigenvalue weighted by Gasteiger charge is -2.04. The summed E-state index contributed by atoms with van der Waals surface area (Å²) in [5, 5.41) is 15.0. The zero-order valence-electron chi connectivity index (χ0n) is 9.44. The molecule has 5 nitrogen and oxygen atoms in total. The van der Waals surface area contributed by atoms with Crippen molar-refractivity contribution >= 4 is 11.8 Å². The third-order valence-corrected chi connectivity index (χ3v) is 2.73. The largest absolute Gasteiger partial charge is 0.310 e. The van der Waals surface area contributed by atoms with Gasteiger partial charge in [-0.05, 0) is 41.8 Å². The number of hydrogen-bond acceptors (Lipinski definition) is 5. The highest BCUT2D eigenvalue weighted by Crippen LogP contribution is 1.99. The van der Waals surface area contributed by atoms with E-state index in [1.54, 1.807) is 0 Å². The molecule has 0 aliphatic rings. The van der Waals surface area contributed by atoms with Crippen molar-refractivity contribution in [3.8, 4) is 0 Å². The van der Waals surface area contributed by atoms with Gasteiger partial charge in [-0.1, -0.05) is 6.92 Å². The van der Waals surface area contributed by atoms with Crippen LogP contribution in [0.25, 0.3) is 0 Å². The summed E-state index contributed by atoms with van der Waals surface area (Å²) in [5.74, 6) is 2.09. The molecule has 0 aromatic carbocycles. The van der Waals surface area contributed by atoms with E-state index in [9.17, 15) is 0 Å². The molecular weight excluding hydrogens is 210 g/mol. The first-order valence-electron chi connectivity index (χ1n) is 5.33. The first-order chi connectivity index (χ1) is 7.38. The normalized spacial score (nSPS) is 10.8. The highest BCUT2D eigenvalue weighted by atomic mass is 32.2. The molecule has 6 heteroatoms. The van der Waals surface area contributed by atoms with Crippen LogP contribution in [0.1, 0.15) is 25.6 Å². The third kappa shape index (κ3) is 4.61. The maximum Gasteiger partial charge on any atom is 0.165 e. The van der Waals surface area contributed by atoms with Crippen molar-refractivity contribution in [3.63, 3.8) is 0 Å². The second-order valence-electron chi connectivity index (χ2n) is 3.34. The van der Waals surface area contributed by atoms with Gasteiger partial charge in [0, 0.05) is 6.54 Å². The van der Waals surface area contributed by atoms with Gasteiger partial charge in [0.05, 0.1) is 6.54 Å². The van der Waals surface area contributed by atoms with Crippen LogP contribution in [0.15, 0.2) is 0 Å². The lowest BCUT2D eigenvalue weighted by Crippen LogP contribution is -2.18. The highest BCUT2D eigenvalue weighted by molar-refractivity contribution is 7.98. The second kappa shape index (κ2) is 7.64. The Morgan fingerprint density at radius 3 is 3.07 bits per heavy atom. The highest BCUT2D eigenvalue weighted by Gasteiger charge is 2.04. The number of thioether (sulfide) groups is 1. The maximum atomic E-state index is 4.00. The van der Waals surface area contributed by atoms with Crippen LogP contribution in [0.2, 0.25) is 0 Å². The Bertz CT molecular complexity index is 238. The molecular formula is C9H19N5S. The Morgan fingerprint density at radius 2 is 2.33 bits per heavy atom. The standard InChI is InChI=1S/C9H19N5S/c1-3-5-10-8-9-11-12-13-14(9)6-4-7-15-2/h10H,3-8H2,1-2H3. The molecule has 0 fully saturated rings. The summed E-state index contributed by atoms with van der Waals surface area (Å²) in [5.41, 5.74) is 0. The fourth-order valence-electron chi connectivity index (χ4n) is 1.26. The van der Waals surface area contributed by atoms with Gasteiger partial charge in [-0.25, -0.2) is 4.68 Å². The van der Waals surface area contributed by atoms with E-state index in [1.165, 1.54) is 0 Å². The number of nitrogens with zero attached hydrogens (tertiary/aromatic N) is 4. The van der Waals surface area contributed by atoms with Gasteiger partial charge in [0.25, 0.3) is 0 Å². The van der Waals surface area contributed by atoms with Crippen molar-refractivity contribution < 1.29 is 0 Å². The summed E-state index contributed by atoms with van der Waals surface area (Å²) in [6.07, 6.45) is 4.37. The Hall–Kier alpha value is -0.620. The smallest absolute Gasteiger partial charge is 0.165 e. The number of hydrogen-bond donors (Lipinski definition) is 1. The number of aromatic nitrogens is 4. The molecule has 0 unspecified atom stereocenters. The molecule has 15 heavy (non-hydrogen) atoms. The van der Waals surface area contributed by atoms with Crippen LogP contribution in [0.5, 0.6) is 0 Å². The van der Waals surface area contributed by atoms with Crippen molar-refractivity contribution in [2.45, 2.75) is 32.9 Å². The number of nitrogens with one attached hydrogen (secondary N) is 1. The molecule has 1 rings (SSSR count). The summed E-state index contributed by atoms with van der Waals surface area (Å²) >= 11 is 1.85. The monoisotopic (exact) mass is 229 g/mol. The minimum Gasteiger partial charge on any atom is -0.310 e. The van der Waals surface area contributed by atoms with Gasteiger partial charge in [-0.2, -0.15) is 11.8 Å². The molecule has 0 aliphatic heterocycles. The Labute approximate surface area is 95.0 Å². The average Bonchev–Trinajstić information content (AvgIpc) is 2.67. The lowest BCUT2D eigenvalue weighted by molar-refractivity contribution is 0.536. The molecule has 1 heterocycles. The summed E-state index contributed by atoms with van der Waals surface area (Å²) in [7, 11) is 0. The Morgan fingerprint density at radius 1 is 1.47 bits per heavy atom. The van der Waals surface area contributed by atoms with Gasteiger partial charge in [0.15, 0.2) is 5.82 Å². The minimum absolute atomic E-state index is 0.764. The van der Waals surface area contributed by atoms with Crippen LogP contribution in [0, 0.1) is 0 Å². The van der Waals surface area contributed by atoms with Crippen LogP contribution < -0.4 is 5.32 Å². The molecule has 0 amide bonds. The van der Waals surface area contributed by atoms with E-state index in [2.05, 4.69) is 34.0 Å². The van der Waals surface area contributed by atoms with Gasteiger partial charge in [-0.15, -0.1) is 5.10 Å². The second-order valence-corrected chi connectivity index (χ2v) is 4.33. The molecule has 86 valence electrons. The third-order valence-electron chi connectivity index (χ3n) is 2.03. The van der Waals surface area contributed by atoms with E-state index in [0.717, 1.165) is 44.1 Å². The van der Waals surface area contributed by atoms with Crippen LogP contribution in [-0.4, -0.2) is 38.8 Å². The van der Waals surface area contributed by atoms with Crippen molar-refractivity contribution in [2.24, 2.45) is 0 Å². The zero-order valence-corrected chi connectivity index (χ0v) is 10.3. The van der Waals surface area contributed by atoms with Gasteiger partial charge in [0.2, 0.25) is 0 Å².